The van der Waals surface area contributed by atoms with Crippen LogP contribution in [0.25, 0.3) is 22.4 Å². The Bertz CT molecular complexity index is 1160. The van der Waals surface area contributed by atoms with Gasteiger partial charge in [-0.1, -0.05) is 36.4 Å². The van der Waals surface area contributed by atoms with Crippen molar-refractivity contribution in [2.24, 2.45) is 10.7 Å². The second-order valence-corrected chi connectivity index (χ2v) is 7.64. The Balaban J connectivity index is 1.89. The molecule has 166 valence electrons. The average molecular weight is 441 g/mol. The molecule has 4 rings (SSSR count). The molecule has 1 atom stereocenters. The summed E-state index contributed by atoms with van der Waals surface area (Å²) in [5, 5.41) is 0. The van der Waals surface area contributed by atoms with E-state index in [4.69, 9.17) is 5.73 Å². The van der Waals surface area contributed by atoms with Crippen LogP contribution in [0.4, 0.5) is 13.2 Å². The summed E-state index contributed by atoms with van der Waals surface area (Å²) in [6, 6.07) is 15.0. The van der Waals surface area contributed by atoms with Crippen LogP contribution in [0, 0.1) is 0 Å². The lowest BCUT2D eigenvalue weighted by molar-refractivity contribution is -0.274. The summed E-state index contributed by atoms with van der Waals surface area (Å²) < 4.78 is 44.5. The van der Waals surface area contributed by atoms with Crippen LogP contribution in [0.2, 0.25) is 0 Å². The maximum absolute atomic E-state index is 12.8. The van der Waals surface area contributed by atoms with Crippen LogP contribution in [0.3, 0.4) is 0 Å². The number of benzene rings is 2. The molecule has 8 heteroatoms. The van der Waals surface area contributed by atoms with Crippen LogP contribution < -0.4 is 10.5 Å². The van der Waals surface area contributed by atoms with Crippen molar-refractivity contribution < 1.29 is 22.7 Å². The number of carbonyl (C=O) groups is 1. The lowest BCUT2D eigenvalue weighted by Crippen LogP contribution is -2.22. The zero-order valence-electron chi connectivity index (χ0n) is 17.4. The van der Waals surface area contributed by atoms with Crippen molar-refractivity contribution in [3.8, 4) is 28.1 Å². The number of nitrogens with zero attached hydrogens (tertiary/aromatic N) is 2. The van der Waals surface area contributed by atoms with E-state index in [0.717, 1.165) is 22.5 Å². The summed E-state index contributed by atoms with van der Waals surface area (Å²) in [5.41, 5.74) is 10.3. The summed E-state index contributed by atoms with van der Waals surface area (Å²) in [5.74, 6) is -0.330. The van der Waals surface area contributed by atoms with Crippen LogP contribution in [-0.4, -0.2) is 36.0 Å². The maximum Gasteiger partial charge on any atom is 0.573 e. The van der Waals surface area contributed by atoms with Gasteiger partial charge in [-0.05, 0) is 49.2 Å². The van der Waals surface area contributed by atoms with Crippen LogP contribution in [-0.2, 0) is 0 Å². The number of rotatable bonds is 6. The number of Topliss-reactive ketones (excluding diaryl/α,β-unsaturated/α-hetero) is 1. The fraction of sp³-hybridized carbons (Fsp3) is 0.250. The second kappa shape index (κ2) is 8.63. The lowest BCUT2D eigenvalue weighted by atomic mass is 9.99. The van der Waals surface area contributed by atoms with Gasteiger partial charge in [-0.3, -0.25) is 9.79 Å². The van der Waals surface area contributed by atoms with Crippen LogP contribution in [0.5, 0.6) is 5.75 Å². The topological polar surface area (TPSA) is 69.6 Å². The van der Waals surface area contributed by atoms with Crippen molar-refractivity contribution in [3.63, 3.8) is 0 Å². The minimum atomic E-state index is -4.77. The van der Waals surface area contributed by atoms with Gasteiger partial charge < -0.3 is 15.0 Å². The summed E-state index contributed by atoms with van der Waals surface area (Å²) in [6.45, 7) is 2.54. The van der Waals surface area contributed by atoms with Gasteiger partial charge in [0.15, 0.2) is 5.78 Å². The minimum absolute atomic E-state index is 0.0193. The van der Waals surface area contributed by atoms with Gasteiger partial charge in [0.25, 0.3) is 0 Å². The first-order chi connectivity index (χ1) is 15.3. The summed E-state index contributed by atoms with van der Waals surface area (Å²) in [4.78, 5) is 16.2. The molecule has 0 amide bonds. The molecular formula is C24H22F3N3O2. The molecule has 32 heavy (non-hydrogen) atoms. The zero-order valence-corrected chi connectivity index (χ0v) is 17.4. The zero-order chi connectivity index (χ0) is 22.9. The number of carbonyl (C=O) groups excluding carboxylic acids is 1. The quantitative estimate of drug-likeness (QED) is 0.532. The maximum atomic E-state index is 12.8. The van der Waals surface area contributed by atoms with Crippen molar-refractivity contribution in [3.05, 3.63) is 65.9 Å². The molecule has 0 saturated heterocycles. The van der Waals surface area contributed by atoms with Crippen molar-refractivity contribution in [2.45, 2.75) is 25.7 Å². The third kappa shape index (κ3) is 4.45. The fourth-order valence-electron chi connectivity index (χ4n) is 4.04. The van der Waals surface area contributed by atoms with E-state index < -0.39 is 6.36 Å². The highest BCUT2D eigenvalue weighted by molar-refractivity contribution is 5.95. The first-order valence-electron chi connectivity index (χ1n) is 10.2. The molecule has 2 N–H and O–H groups in total. The molecule has 0 fully saturated rings. The molecule has 0 saturated carbocycles. The monoisotopic (exact) mass is 441 g/mol. The van der Waals surface area contributed by atoms with Gasteiger partial charge in [-0.15, -0.1) is 13.2 Å². The first kappa shape index (κ1) is 21.8. The lowest BCUT2D eigenvalue weighted by Gasteiger charge is -2.25. The average Bonchev–Trinajstić information content (AvgIpc) is 3.14. The number of halogens is 3. The number of fused-ring (bicyclic) bond motifs is 1. The molecule has 1 aliphatic rings. The molecule has 1 aromatic heterocycles. The molecule has 0 radical (unpaired) electrons. The van der Waals surface area contributed by atoms with Crippen molar-refractivity contribution >= 4 is 12.0 Å². The van der Waals surface area contributed by atoms with E-state index >= 15 is 0 Å². The molecule has 2 heterocycles. The SMILES string of the molecule is CC(=O)c1ccc(-c2c(-c3cccc(OC(F)(F)F)c3)cc3n2[C@@H](CCN)CN=C3)cc1. The van der Waals surface area contributed by atoms with E-state index in [1.165, 1.54) is 25.1 Å². The molecule has 0 unspecified atom stereocenters. The van der Waals surface area contributed by atoms with E-state index in [1.807, 2.05) is 18.2 Å². The van der Waals surface area contributed by atoms with Crippen LogP contribution >= 0.6 is 0 Å². The van der Waals surface area contributed by atoms with Crippen molar-refractivity contribution in [2.75, 3.05) is 13.1 Å². The van der Waals surface area contributed by atoms with Crippen molar-refractivity contribution in [1.29, 1.82) is 0 Å². The Morgan fingerprint density at radius 3 is 2.56 bits per heavy atom. The van der Waals surface area contributed by atoms with Crippen LogP contribution in [0.1, 0.15) is 35.4 Å². The van der Waals surface area contributed by atoms with Gasteiger partial charge in [0.1, 0.15) is 5.75 Å². The summed E-state index contributed by atoms with van der Waals surface area (Å²) >= 11 is 0. The number of hydrogen-bond acceptors (Lipinski definition) is 4. The molecular weight excluding hydrogens is 419 g/mol. The van der Waals surface area contributed by atoms with E-state index in [9.17, 15) is 18.0 Å². The number of ether oxygens (including phenoxy) is 1. The highest BCUT2D eigenvalue weighted by Gasteiger charge is 2.31. The number of aromatic nitrogens is 1. The Morgan fingerprint density at radius 1 is 1.16 bits per heavy atom. The first-order valence-corrected chi connectivity index (χ1v) is 10.2. The Morgan fingerprint density at radius 2 is 1.91 bits per heavy atom. The molecule has 0 spiro atoms. The van der Waals surface area contributed by atoms with E-state index in [2.05, 4.69) is 14.3 Å². The second-order valence-electron chi connectivity index (χ2n) is 7.64. The highest BCUT2D eigenvalue weighted by Crippen LogP contribution is 2.40. The van der Waals surface area contributed by atoms with Gasteiger partial charge in [0.05, 0.1) is 24.0 Å². The van der Waals surface area contributed by atoms with Gasteiger partial charge in [0, 0.05) is 17.3 Å². The third-order valence-electron chi connectivity index (χ3n) is 5.41. The van der Waals surface area contributed by atoms with E-state index in [0.29, 0.717) is 30.6 Å². The number of aliphatic imine (C=N–C) groups is 1. The standard InChI is InChI=1S/C24H22F3N3O2/c1-15(31)16-5-7-17(8-6-16)23-22(12-20-14-29-13-19(9-10-28)30(20)23)18-3-2-4-21(11-18)32-24(25,26)27/h2-8,11-12,14,19H,9-10,13,28H2,1H3/t19-/m0/s1. The molecule has 0 aliphatic carbocycles. The minimum Gasteiger partial charge on any atom is -0.406 e. The van der Waals surface area contributed by atoms with Crippen LogP contribution in [0.15, 0.2) is 59.6 Å². The summed E-state index contributed by atoms with van der Waals surface area (Å²) in [6.07, 6.45) is -2.31. The number of hydrogen-bond donors (Lipinski definition) is 1. The summed E-state index contributed by atoms with van der Waals surface area (Å²) in [7, 11) is 0. The number of ketones is 1. The normalized spacial score (nSPS) is 15.5. The predicted octanol–water partition coefficient (Wildman–Crippen LogP) is 5.25. The van der Waals surface area contributed by atoms with Gasteiger partial charge in [-0.25, -0.2) is 0 Å². The van der Waals surface area contributed by atoms with Gasteiger partial charge in [0.2, 0.25) is 0 Å². The predicted molar refractivity (Wildman–Crippen MR) is 117 cm³/mol. The third-order valence-corrected chi connectivity index (χ3v) is 5.41. The Labute approximate surface area is 183 Å². The smallest absolute Gasteiger partial charge is 0.406 e. The van der Waals surface area contributed by atoms with E-state index in [1.54, 1.807) is 24.4 Å². The largest absolute Gasteiger partial charge is 0.573 e. The van der Waals surface area contributed by atoms with Gasteiger partial charge in [-0.2, -0.15) is 0 Å². The highest BCUT2D eigenvalue weighted by atomic mass is 19.4. The Hall–Kier alpha value is -3.39. The fourth-order valence-corrected chi connectivity index (χ4v) is 4.04. The molecule has 0 bridgehead atoms. The number of nitrogens with two attached hydrogens (primary N) is 1. The molecule has 2 aromatic carbocycles. The molecule has 1 aliphatic heterocycles. The Kier molecular flexibility index (Phi) is 5.88. The van der Waals surface area contributed by atoms with Crippen molar-refractivity contribution in [1.82, 2.24) is 4.57 Å². The molecule has 3 aromatic rings. The number of alkyl halides is 3. The molecule has 5 nitrogen and oxygen atoms in total. The van der Waals surface area contributed by atoms with E-state index in [-0.39, 0.29) is 17.6 Å². The van der Waals surface area contributed by atoms with Gasteiger partial charge >= 0.3 is 6.36 Å².